The van der Waals surface area contributed by atoms with Gasteiger partial charge in [0.1, 0.15) is 16.8 Å². The number of rotatable bonds is 8. The topological polar surface area (TPSA) is 101 Å². The summed E-state index contributed by atoms with van der Waals surface area (Å²) in [6, 6.07) is 13.4. The first kappa shape index (κ1) is 22.7. The van der Waals surface area contributed by atoms with E-state index in [1.54, 1.807) is 31.2 Å². The number of ether oxygens (including phenoxy) is 1. The average Bonchev–Trinajstić information content (AvgIpc) is 3.19. The lowest BCUT2D eigenvalue weighted by molar-refractivity contribution is -0.117. The molecule has 1 atom stereocenters. The first-order chi connectivity index (χ1) is 14.7. The molecule has 0 saturated carbocycles. The quantitative estimate of drug-likeness (QED) is 0.550. The van der Waals surface area contributed by atoms with Gasteiger partial charge in [0.25, 0.3) is 0 Å². The van der Waals surface area contributed by atoms with E-state index >= 15 is 0 Å². The zero-order valence-corrected chi connectivity index (χ0v) is 19.3. The number of carbonyl (C=O) groups is 1. The molecule has 1 heterocycles. The Morgan fingerprint density at radius 2 is 1.90 bits per heavy atom. The van der Waals surface area contributed by atoms with Crippen LogP contribution in [0.2, 0.25) is 0 Å². The Hall–Kier alpha value is -2.98. The van der Waals surface area contributed by atoms with Crippen LogP contribution in [0.15, 0.2) is 48.5 Å². The predicted octanol–water partition coefficient (Wildman–Crippen LogP) is 3.71. The van der Waals surface area contributed by atoms with Gasteiger partial charge >= 0.3 is 0 Å². The second-order valence-electron chi connectivity index (χ2n) is 6.95. The molecule has 2 aromatic carbocycles. The van der Waals surface area contributed by atoms with Crippen LogP contribution < -0.4 is 14.4 Å². The van der Waals surface area contributed by atoms with Crippen molar-refractivity contribution in [2.45, 2.75) is 26.3 Å². The van der Waals surface area contributed by atoms with Crippen LogP contribution in [0.5, 0.6) is 5.75 Å². The number of amides is 1. The highest BCUT2D eigenvalue weighted by atomic mass is 32.2. The van der Waals surface area contributed by atoms with Crippen molar-refractivity contribution in [1.82, 2.24) is 10.2 Å². The lowest BCUT2D eigenvalue weighted by Gasteiger charge is -2.29. The molecule has 164 valence electrons. The summed E-state index contributed by atoms with van der Waals surface area (Å²) in [6.07, 6.45) is 1.34. The third kappa shape index (κ3) is 5.39. The van der Waals surface area contributed by atoms with E-state index < -0.39 is 22.0 Å². The van der Waals surface area contributed by atoms with Crippen molar-refractivity contribution in [3.8, 4) is 16.3 Å². The molecule has 1 amide bonds. The number of aryl methyl sites for hydroxylation is 1. The number of hydrogen-bond acceptors (Lipinski definition) is 7. The fourth-order valence-electron chi connectivity index (χ4n) is 3.08. The van der Waals surface area contributed by atoms with Gasteiger partial charge in [-0.1, -0.05) is 54.2 Å². The molecule has 1 unspecified atom stereocenters. The number of nitrogens with zero attached hydrogens (tertiary/aromatic N) is 3. The zero-order chi connectivity index (χ0) is 22.6. The maximum Gasteiger partial charge on any atom is 0.250 e. The summed E-state index contributed by atoms with van der Waals surface area (Å²) >= 11 is 1.23. The zero-order valence-electron chi connectivity index (χ0n) is 17.7. The molecule has 0 aliphatic rings. The summed E-state index contributed by atoms with van der Waals surface area (Å²) in [5, 5.41) is 11.9. The highest BCUT2D eigenvalue weighted by Gasteiger charge is 2.32. The van der Waals surface area contributed by atoms with Crippen LogP contribution in [0.3, 0.4) is 0 Å². The van der Waals surface area contributed by atoms with Gasteiger partial charge in [-0.05, 0) is 25.5 Å². The number of carbonyl (C=O) groups excluding carboxylic acids is 1. The Labute approximate surface area is 185 Å². The Kier molecular flexibility index (Phi) is 6.91. The van der Waals surface area contributed by atoms with Crippen molar-refractivity contribution in [3.63, 3.8) is 0 Å². The molecule has 31 heavy (non-hydrogen) atoms. The minimum atomic E-state index is -3.75. The second-order valence-corrected chi connectivity index (χ2v) is 9.79. The van der Waals surface area contributed by atoms with Crippen LogP contribution >= 0.6 is 11.3 Å². The summed E-state index contributed by atoms with van der Waals surface area (Å²) in [5.41, 5.74) is 2.37. The molecule has 0 radical (unpaired) electrons. The predicted molar refractivity (Wildman–Crippen MR) is 123 cm³/mol. The van der Waals surface area contributed by atoms with Gasteiger partial charge < -0.3 is 4.74 Å². The molecular weight excluding hydrogens is 436 g/mol. The standard InChI is InChI=1S/C21H24N4O4S2/c1-5-18(25(31(4,27)28)16-7-6-8-17(13-16)29-3)19(26)22-21-24-23-20(30-21)15-11-9-14(2)10-12-15/h6-13,18H,5H2,1-4H3,(H,22,24,26). The van der Waals surface area contributed by atoms with E-state index in [1.807, 2.05) is 31.2 Å². The first-order valence-electron chi connectivity index (χ1n) is 9.57. The van der Waals surface area contributed by atoms with E-state index in [9.17, 15) is 13.2 Å². The van der Waals surface area contributed by atoms with Gasteiger partial charge in [-0.25, -0.2) is 8.42 Å². The van der Waals surface area contributed by atoms with Gasteiger partial charge in [0.05, 0.1) is 19.1 Å². The lowest BCUT2D eigenvalue weighted by atomic mass is 10.2. The number of methoxy groups -OCH3 is 1. The molecular formula is C21H24N4O4S2. The third-order valence-electron chi connectivity index (χ3n) is 4.59. The summed E-state index contributed by atoms with van der Waals surface area (Å²) in [5.74, 6) is 0.00984. The van der Waals surface area contributed by atoms with Gasteiger partial charge in [0.15, 0.2) is 0 Å². The number of hydrogen-bond donors (Lipinski definition) is 1. The smallest absolute Gasteiger partial charge is 0.250 e. The Bertz CT molecular complexity index is 1160. The van der Waals surface area contributed by atoms with Crippen molar-refractivity contribution in [1.29, 1.82) is 0 Å². The van der Waals surface area contributed by atoms with E-state index in [1.165, 1.54) is 18.4 Å². The lowest BCUT2D eigenvalue weighted by Crippen LogP contribution is -2.47. The van der Waals surface area contributed by atoms with Crippen LogP contribution in [0.4, 0.5) is 10.8 Å². The summed E-state index contributed by atoms with van der Waals surface area (Å²) in [6.45, 7) is 3.75. The van der Waals surface area contributed by atoms with E-state index in [0.29, 0.717) is 21.6 Å². The minimum absolute atomic E-state index is 0.264. The number of aromatic nitrogens is 2. The van der Waals surface area contributed by atoms with Crippen molar-refractivity contribution in [3.05, 3.63) is 54.1 Å². The number of sulfonamides is 1. The normalized spacial score (nSPS) is 12.3. The van der Waals surface area contributed by atoms with Crippen molar-refractivity contribution >= 4 is 38.1 Å². The minimum Gasteiger partial charge on any atom is -0.497 e. The van der Waals surface area contributed by atoms with E-state index in [4.69, 9.17) is 4.74 Å². The van der Waals surface area contributed by atoms with Crippen LogP contribution in [0.1, 0.15) is 18.9 Å². The Morgan fingerprint density at radius 1 is 1.19 bits per heavy atom. The fraction of sp³-hybridized carbons (Fsp3) is 0.286. The van der Waals surface area contributed by atoms with Crippen molar-refractivity contribution in [2.24, 2.45) is 0 Å². The Balaban J connectivity index is 1.86. The SMILES string of the molecule is CCC(C(=O)Nc1nnc(-c2ccc(C)cc2)s1)N(c1cccc(OC)c1)S(C)(=O)=O. The third-order valence-corrected chi connectivity index (χ3v) is 6.66. The number of benzene rings is 2. The van der Waals surface area contributed by atoms with E-state index in [2.05, 4.69) is 15.5 Å². The first-order valence-corrected chi connectivity index (χ1v) is 12.2. The van der Waals surface area contributed by atoms with Crippen molar-refractivity contribution in [2.75, 3.05) is 23.0 Å². The molecule has 0 fully saturated rings. The number of nitrogens with one attached hydrogen (secondary N) is 1. The average molecular weight is 461 g/mol. The summed E-state index contributed by atoms with van der Waals surface area (Å²) in [4.78, 5) is 13.0. The van der Waals surface area contributed by atoms with Gasteiger partial charge in [-0.2, -0.15) is 0 Å². The molecule has 0 saturated heterocycles. The molecule has 1 aromatic heterocycles. The van der Waals surface area contributed by atoms with Gasteiger partial charge in [0, 0.05) is 11.6 Å². The largest absolute Gasteiger partial charge is 0.497 e. The highest BCUT2D eigenvalue weighted by molar-refractivity contribution is 7.92. The number of anilines is 2. The molecule has 10 heteroatoms. The van der Waals surface area contributed by atoms with Gasteiger partial charge in [-0.15, -0.1) is 10.2 Å². The highest BCUT2D eigenvalue weighted by Crippen LogP contribution is 2.29. The van der Waals surface area contributed by atoms with E-state index in [-0.39, 0.29) is 6.42 Å². The van der Waals surface area contributed by atoms with Crippen LogP contribution in [-0.2, 0) is 14.8 Å². The molecule has 0 spiro atoms. The molecule has 0 aliphatic heterocycles. The summed E-state index contributed by atoms with van der Waals surface area (Å²) < 4.78 is 31.5. The van der Waals surface area contributed by atoms with Gasteiger partial charge in [-0.3, -0.25) is 14.4 Å². The second kappa shape index (κ2) is 9.44. The fourth-order valence-corrected chi connectivity index (χ4v) is 5.04. The van der Waals surface area contributed by atoms with E-state index in [0.717, 1.165) is 21.7 Å². The van der Waals surface area contributed by atoms with Crippen LogP contribution in [0.25, 0.3) is 10.6 Å². The monoisotopic (exact) mass is 460 g/mol. The van der Waals surface area contributed by atoms with Gasteiger partial charge in [0.2, 0.25) is 21.1 Å². The van der Waals surface area contributed by atoms with Crippen molar-refractivity contribution < 1.29 is 17.9 Å². The molecule has 1 N–H and O–H groups in total. The molecule has 3 aromatic rings. The molecule has 8 nitrogen and oxygen atoms in total. The van der Waals surface area contributed by atoms with Crippen LogP contribution in [0, 0.1) is 6.92 Å². The maximum atomic E-state index is 13.0. The molecule has 3 rings (SSSR count). The molecule has 0 bridgehead atoms. The van der Waals surface area contributed by atoms with Crippen LogP contribution in [-0.4, -0.2) is 43.9 Å². The summed E-state index contributed by atoms with van der Waals surface area (Å²) in [7, 11) is -2.25. The Morgan fingerprint density at radius 3 is 2.52 bits per heavy atom. The maximum absolute atomic E-state index is 13.0. The molecule has 0 aliphatic carbocycles.